The highest BCUT2D eigenvalue weighted by molar-refractivity contribution is 6.30. The van der Waals surface area contributed by atoms with Crippen LogP contribution in [0.3, 0.4) is 0 Å². The average Bonchev–Trinajstić information content (AvgIpc) is 2.37. The fraction of sp³-hybridized carbons (Fsp3) is 0.200. The van der Waals surface area contributed by atoms with Crippen LogP contribution < -0.4 is 5.32 Å². The van der Waals surface area contributed by atoms with E-state index in [1.54, 1.807) is 18.2 Å². The SMILES string of the molecule is Cc1cccc(F)c1NC(C)c1ccc(F)c(Cl)c1. The van der Waals surface area contributed by atoms with Gasteiger partial charge in [0.1, 0.15) is 11.6 Å². The van der Waals surface area contributed by atoms with Crippen LogP contribution in [0, 0.1) is 18.6 Å². The smallest absolute Gasteiger partial charge is 0.146 e. The van der Waals surface area contributed by atoms with Gasteiger partial charge in [0.05, 0.1) is 10.7 Å². The van der Waals surface area contributed by atoms with Crippen LogP contribution >= 0.6 is 11.6 Å². The van der Waals surface area contributed by atoms with Crippen molar-refractivity contribution in [3.8, 4) is 0 Å². The highest BCUT2D eigenvalue weighted by Crippen LogP contribution is 2.26. The molecule has 0 bridgehead atoms. The molecule has 2 aromatic carbocycles. The molecule has 0 radical (unpaired) electrons. The first kappa shape index (κ1) is 13.8. The van der Waals surface area contributed by atoms with E-state index in [0.29, 0.717) is 5.69 Å². The Morgan fingerprint density at radius 3 is 2.47 bits per heavy atom. The third kappa shape index (κ3) is 3.04. The summed E-state index contributed by atoms with van der Waals surface area (Å²) in [6.07, 6.45) is 0. The van der Waals surface area contributed by atoms with Crippen molar-refractivity contribution in [2.45, 2.75) is 19.9 Å². The van der Waals surface area contributed by atoms with E-state index in [0.717, 1.165) is 11.1 Å². The molecular weight excluding hydrogens is 268 g/mol. The molecular formula is C15H14ClF2N. The van der Waals surface area contributed by atoms with Gasteiger partial charge in [-0.1, -0.05) is 29.8 Å². The van der Waals surface area contributed by atoms with Gasteiger partial charge in [0.15, 0.2) is 0 Å². The van der Waals surface area contributed by atoms with E-state index in [9.17, 15) is 8.78 Å². The van der Waals surface area contributed by atoms with E-state index < -0.39 is 5.82 Å². The minimum absolute atomic E-state index is 0.0661. The van der Waals surface area contributed by atoms with Crippen molar-refractivity contribution < 1.29 is 8.78 Å². The molecule has 0 amide bonds. The summed E-state index contributed by atoms with van der Waals surface area (Å²) in [4.78, 5) is 0. The Labute approximate surface area is 116 Å². The highest BCUT2D eigenvalue weighted by atomic mass is 35.5. The lowest BCUT2D eigenvalue weighted by molar-refractivity contribution is 0.623. The molecule has 0 saturated heterocycles. The van der Waals surface area contributed by atoms with Crippen LogP contribution in [0.2, 0.25) is 5.02 Å². The number of nitrogens with one attached hydrogen (secondary N) is 1. The molecule has 2 aromatic rings. The van der Waals surface area contributed by atoms with E-state index in [-0.39, 0.29) is 16.9 Å². The maximum absolute atomic E-state index is 13.7. The third-order valence-electron chi connectivity index (χ3n) is 3.03. The molecule has 0 spiro atoms. The summed E-state index contributed by atoms with van der Waals surface area (Å²) in [5.74, 6) is -0.764. The number of hydrogen-bond acceptors (Lipinski definition) is 1. The molecule has 1 atom stereocenters. The van der Waals surface area contributed by atoms with Gasteiger partial charge in [-0.05, 0) is 43.2 Å². The van der Waals surface area contributed by atoms with Crippen LogP contribution in [-0.2, 0) is 0 Å². The van der Waals surface area contributed by atoms with E-state index in [2.05, 4.69) is 5.32 Å². The Balaban J connectivity index is 2.25. The Morgan fingerprint density at radius 2 is 1.84 bits per heavy atom. The molecule has 1 unspecified atom stereocenters. The molecule has 1 nitrogen and oxygen atoms in total. The lowest BCUT2D eigenvalue weighted by Crippen LogP contribution is -2.09. The molecule has 0 aliphatic carbocycles. The van der Waals surface area contributed by atoms with Crippen molar-refractivity contribution in [1.29, 1.82) is 0 Å². The highest BCUT2D eigenvalue weighted by Gasteiger charge is 2.12. The molecule has 2 rings (SSSR count). The van der Waals surface area contributed by atoms with Gasteiger partial charge < -0.3 is 5.32 Å². The minimum Gasteiger partial charge on any atom is -0.376 e. The largest absolute Gasteiger partial charge is 0.376 e. The Kier molecular flexibility index (Phi) is 4.05. The van der Waals surface area contributed by atoms with Crippen molar-refractivity contribution in [2.24, 2.45) is 0 Å². The topological polar surface area (TPSA) is 12.0 Å². The predicted molar refractivity (Wildman–Crippen MR) is 74.6 cm³/mol. The number of hydrogen-bond donors (Lipinski definition) is 1. The minimum atomic E-state index is -0.459. The molecule has 100 valence electrons. The maximum Gasteiger partial charge on any atom is 0.146 e. The van der Waals surface area contributed by atoms with Crippen LogP contribution in [-0.4, -0.2) is 0 Å². The fourth-order valence-electron chi connectivity index (χ4n) is 1.90. The molecule has 1 N–H and O–H groups in total. The van der Waals surface area contributed by atoms with Gasteiger partial charge in [0, 0.05) is 6.04 Å². The van der Waals surface area contributed by atoms with E-state index in [1.807, 2.05) is 19.9 Å². The number of halogens is 3. The van der Waals surface area contributed by atoms with Gasteiger partial charge in [-0.3, -0.25) is 0 Å². The van der Waals surface area contributed by atoms with Gasteiger partial charge in [-0.25, -0.2) is 8.78 Å². The lowest BCUT2D eigenvalue weighted by atomic mass is 10.1. The van der Waals surface area contributed by atoms with E-state index >= 15 is 0 Å². The Morgan fingerprint density at radius 1 is 1.11 bits per heavy atom. The average molecular weight is 282 g/mol. The summed E-state index contributed by atoms with van der Waals surface area (Å²) in [5.41, 5.74) is 2.07. The second-order valence-electron chi connectivity index (χ2n) is 4.47. The molecule has 0 aliphatic heterocycles. The zero-order valence-corrected chi connectivity index (χ0v) is 11.4. The van der Waals surface area contributed by atoms with Gasteiger partial charge in [0.25, 0.3) is 0 Å². The zero-order valence-electron chi connectivity index (χ0n) is 10.7. The molecule has 4 heteroatoms. The van der Waals surface area contributed by atoms with Crippen LogP contribution in [0.15, 0.2) is 36.4 Å². The van der Waals surface area contributed by atoms with E-state index in [1.165, 1.54) is 12.1 Å². The summed E-state index contributed by atoms with van der Waals surface area (Å²) in [6.45, 7) is 3.70. The standard InChI is InChI=1S/C15H14ClF2N/c1-9-4-3-5-14(18)15(9)19-10(2)11-6-7-13(17)12(16)8-11/h3-8,10,19H,1-2H3. The van der Waals surface area contributed by atoms with Crippen molar-refractivity contribution >= 4 is 17.3 Å². The number of benzene rings is 2. The van der Waals surface area contributed by atoms with Crippen LogP contribution in [0.1, 0.15) is 24.1 Å². The van der Waals surface area contributed by atoms with E-state index in [4.69, 9.17) is 11.6 Å². The monoisotopic (exact) mass is 281 g/mol. The molecule has 0 aliphatic rings. The molecule has 19 heavy (non-hydrogen) atoms. The first-order chi connectivity index (χ1) is 8.99. The fourth-order valence-corrected chi connectivity index (χ4v) is 2.09. The van der Waals surface area contributed by atoms with Crippen LogP contribution in [0.25, 0.3) is 0 Å². The molecule has 0 heterocycles. The van der Waals surface area contributed by atoms with Gasteiger partial charge in [-0.2, -0.15) is 0 Å². The van der Waals surface area contributed by atoms with Crippen molar-refractivity contribution in [1.82, 2.24) is 0 Å². The quantitative estimate of drug-likeness (QED) is 0.825. The Hall–Kier alpha value is -1.61. The van der Waals surface area contributed by atoms with Crippen LogP contribution in [0.5, 0.6) is 0 Å². The predicted octanol–water partition coefficient (Wildman–Crippen LogP) is 5.10. The second-order valence-corrected chi connectivity index (χ2v) is 4.88. The number of anilines is 1. The first-order valence-corrected chi connectivity index (χ1v) is 6.33. The van der Waals surface area contributed by atoms with Gasteiger partial charge >= 0.3 is 0 Å². The number of aryl methyl sites for hydroxylation is 1. The third-order valence-corrected chi connectivity index (χ3v) is 3.32. The van der Waals surface area contributed by atoms with Gasteiger partial charge in [0.2, 0.25) is 0 Å². The molecule has 0 saturated carbocycles. The van der Waals surface area contributed by atoms with Gasteiger partial charge in [-0.15, -0.1) is 0 Å². The summed E-state index contributed by atoms with van der Waals surface area (Å²) in [5, 5.41) is 3.15. The van der Waals surface area contributed by atoms with Crippen molar-refractivity contribution in [3.05, 3.63) is 64.2 Å². The first-order valence-electron chi connectivity index (χ1n) is 5.95. The molecule has 0 aromatic heterocycles. The molecule has 0 fully saturated rings. The maximum atomic E-state index is 13.7. The van der Waals surface area contributed by atoms with Crippen molar-refractivity contribution in [3.63, 3.8) is 0 Å². The summed E-state index contributed by atoms with van der Waals surface area (Å²) in [7, 11) is 0. The number of rotatable bonds is 3. The second kappa shape index (κ2) is 5.57. The van der Waals surface area contributed by atoms with Crippen molar-refractivity contribution in [2.75, 3.05) is 5.32 Å². The zero-order chi connectivity index (χ0) is 14.0. The normalized spacial score (nSPS) is 12.3. The van der Waals surface area contributed by atoms with Crippen LogP contribution in [0.4, 0.5) is 14.5 Å². The lowest BCUT2D eigenvalue weighted by Gasteiger charge is -2.18. The Bertz CT molecular complexity index is 578. The summed E-state index contributed by atoms with van der Waals surface area (Å²) < 4.78 is 26.8. The summed E-state index contributed by atoms with van der Waals surface area (Å²) >= 11 is 5.75. The number of para-hydroxylation sites is 1. The summed E-state index contributed by atoms with van der Waals surface area (Å²) in [6, 6.07) is 9.21.